The second kappa shape index (κ2) is 21.8. The maximum Gasteiger partial charge on any atom is 0.224 e. The van der Waals surface area contributed by atoms with E-state index in [4.69, 9.17) is 9.47 Å². The number of hydrogen-bond acceptors (Lipinski definition) is 6. The first kappa shape index (κ1) is 48.8. The molecule has 0 aliphatic rings. The van der Waals surface area contributed by atoms with Crippen LogP contribution in [0.25, 0.3) is 0 Å². The molecule has 2 amide bonds. The SMILES string of the molecule is CCC(C)(C)c1ccc(OCCCC(=O)Nc2ccccc2SSc2ccccc2NC(=O)CCCOc2ccc(C(C)(C)CC)cc2C(C)(C)CC)c(C(C)(C)CC)c1. The number of carbonyl (C=O) groups excluding carboxylic acids is 2. The zero-order valence-electron chi connectivity index (χ0n) is 38.6. The third-order valence-corrected chi connectivity index (χ3v) is 15.2. The van der Waals surface area contributed by atoms with Crippen molar-refractivity contribution in [3.8, 4) is 11.5 Å². The van der Waals surface area contributed by atoms with Crippen molar-refractivity contribution in [1.29, 1.82) is 0 Å². The summed E-state index contributed by atoms with van der Waals surface area (Å²) >= 11 is 0. The third-order valence-electron chi connectivity index (χ3n) is 12.7. The summed E-state index contributed by atoms with van der Waals surface area (Å²) in [4.78, 5) is 28.2. The van der Waals surface area contributed by atoms with Crippen molar-refractivity contribution in [2.75, 3.05) is 23.8 Å². The highest BCUT2D eigenvalue weighted by Gasteiger charge is 2.28. The number of ether oxygens (including phenoxy) is 2. The Morgan fingerprint density at radius 1 is 0.500 bits per heavy atom. The Hall–Kier alpha value is -3.88. The Morgan fingerprint density at radius 2 is 0.850 bits per heavy atom. The highest BCUT2D eigenvalue weighted by atomic mass is 33.1. The van der Waals surface area contributed by atoms with E-state index in [9.17, 15) is 9.59 Å². The molecule has 0 spiro atoms. The predicted molar refractivity (Wildman–Crippen MR) is 257 cm³/mol. The minimum absolute atomic E-state index is 0.0239. The lowest BCUT2D eigenvalue weighted by Crippen LogP contribution is -2.21. The number of anilines is 2. The van der Waals surface area contributed by atoms with Gasteiger partial charge in [0, 0.05) is 33.8 Å². The molecular formula is C52H72N2O4S2. The molecule has 60 heavy (non-hydrogen) atoms. The van der Waals surface area contributed by atoms with Gasteiger partial charge >= 0.3 is 0 Å². The molecule has 0 aliphatic carbocycles. The maximum atomic E-state index is 13.2. The highest BCUT2D eigenvalue weighted by Crippen LogP contribution is 2.44. The predicted octanol–water partition coefficient (Wildman–Crippen LogP) is 14.8. The van der Waals surface area contributed by atoms with E-state index in [1.165, 1.54) is 22.3 Å². The molecule has 0 bridgehead atoms. The second-order valence-corrected chi connectivity index (χ2v) is 20.7. The number of hydrogen-bond donors (Lipinski definition) is 2. The third kappa shape index (κ3) is 13.3. The van der Waals surface area contributed by atoms with Gasteiger partial charge in [0.15, 0.2) is 0 Å². The Morgan fingerprint density at radius 3 is 1.20 bits per heavy atom. The zero-order chi connectivity index (χ0) is 44.1. The van der Waals surface area contributed by atoms with Crippen LogP contribution in [-0.2, 0) is 31.2 Å². The van der Waals surface area contributed by atoms with E-state index >= 15 is 0 Å². The van der Waals surface area contributed by atoms with E-state index < -0.39 is 0 Å². The van der Waals surface area contributed by atoms with Crippen LogP contribution < -0.4 is 20.1 Å². The van der Waals surface area contributed by atoms with Gasteiger partial charge in [-0.25, -0.2) is 0 Å². The molecule has 0 heterocycles. The van der Waals surface area contributed by atoms with E-state index in [0.717, 1.165) is 58.3 Å². The van der Waals surface area contributed by atoms with Crippen molar-refractivity contribution in [2.24, 2.45) is 0 Å². The molecule has 326 valence electrons. The van der Waals surface area contributed by atoms with Crippen LogP contribution in [0.15, 0.2) is 94.7 Å². The summed E-state index contributed by atoms with van der Waals surface area (Å²) in [6, 6.07) is 28.9. The van der Waals surface area contributed by atoms with Crippen molar-refractivity contribution in [3.63, 3.8) is 0 Å². The lowest BCUT2D eigenvalue weighted by molar-refractivity contribution is -0.117. The van der Waals surface area contributed by atoms with Crippen molar-refractivity contribution < 1.29 is 19.1 Å². The molecule has 0 unspecified atom stereocenters. The van der Waals surface area contributed by atoms with Gasteiger partial charge in [-0.05, 0) is 108 Å². The molecule has 4 rings (SSSR count). The van der Waals surface area contributed by atoms with Crippen molar-refractivity contribution in [3.05, 3.63) is 107 Å². The van der Waals surface area contributed by atoms with Gasteiger partial charge in [0.25, 0.3) is 0 Å². The number of nitrogens with one attached hydrogen (secondary N) is 2. The van der Waals surface area contributed by atoms with Crippen LogP contribution in [-0.4, -0.2) is 25.0 Å². The van der Waals surface area contributed by atoms with Gasteiger partial charge in [0.2, 0.25) is 11.8 Å². The van der Waals surface area contributed by atoms with E-state index in [2.05, 4.69) is 130 Å². The van der Waals surface area contributed by atoms with Crippen LogP contribution in [0.3, 0.4) is 0 Å². The fourth-order valence-electron chi connectivity index (χ4n) is 6.63. The molecule has 0 radical (unpaired) electrons. The van der Waals surface area contributed by atoms with E-state index in [1.54, 1.807) is 21.6 Å². The number of rotatable bonds is 23. The van der Waals surface area contributed by atoms with Crippen LogP contribution in [0.2, 0.25) is 0 Å². The zero-order valence-corrected chi connectivity index (χ0v) is 40.2. The Balaban J connectivity index is 1.29. The van der Waals surface area contributed by atoms with Crippen LogP contribution in [0, 0.1) is 0 Å². The Bertz CT molecular complexity index is 1890. The summed E-state index contributed by atoms with van der Waals surface area (Å²) in [5, 5.41) is 6.25. The summed E-state index contributed by atoms with van der Waals surface area (Å²) in [7, 11) is 3.11. The molecule has 0 saturated heterocycles. The van der Waals surface area contributed by atoms with Crippen molar-refractivity contribution >= 4 is 44.8 Å². The monoisotopic (exact) mass is 852 g/mol. The van der Waals surface area contributed by atoms with Crippen LogP contribution in [0.5, 0.6) is 11.5 Å². The molecule has 6 nitrogen and oxygen atoms in total. The molecule has 4 aromatic carbocycles. The average molecular weight is 853 g/mol. The summed E-state index contributed by atoms with van der Waals surface area (Å²) in [5.74, 6) is 1.70. The van der Waals surface area contributed by atoms with Crippen LogP contribution >= 0.6 is 21.6 Å². The minimum atomic E-state index is -0.0507. The van der Waals surface area contributed by atoms with Crippen LogP contribution in [0.1, 0.15) is 157 Å². The van der Waals surface area contributed by atoms with E-state index in [0.29, 0.717) is 38.9 Å². The second-order valence-electron chi connectivity index (χ2n) is 18.5. The topological polar surface area (TPSA) is 76.7 Å². The summed E-state index contributed by atoms with van der Waals surface area (Å²) in [5.41, 5.74) is 6.76. The molecule has 0 aromatic heterocycles. The van der Waals surface area contributed by atoms with Gasteiger partial charge < -0.3 is 20.1 Å². The first-order chi connectivity index (χ1) is 28.4. The standard InChI is InChI=1S/C52H72N2O4S2/c1-13-49(5,6)37-29-31-43(39(35-37)51(9,10)15-3)57-33-21-27-47(55)53-41-23-17-19-25-45(41)59-60-46-26-20-18-24-42(46)54-48(56)28-22-34-58-44-32-30-38(50(7,8)14-2)36-40(44)52(11,12)16-4/h17-20,23-26,29-32,35-36H,13-16,21-22,27-28,33-34H2,1-12H3,(H,53,55)(H,54,56). The number of carbonyl (C=O) groups is 2. The van der Waals surface area contributed by atoms with Gasteiger partial charge in [-0.2, -0.15) is 0 Å². The molecule has 0 aliphatic heterocycles. The van der Waals surface area contributed by atoms with E-state index in [1.807, 2.05) is 48.5 Å². The normalized spacial score (nSPS) is 12.3. The lowest BCUT2D eigenvalue weighted by Gasteiger charge is -2.30. The maximum absolute atomic E-state index is 13.2. The van der Waals surface area contributed by atoms with Gasteiger partial charge in [0.05, 0.1) is 24.6 Å². The molecule has 0 fully saturated rings. The largest absolute Gasteiger partial charge is 0.493 e. The first-order valence-electron chi connectivity index (χ1n) is 22.0. The average Bonchev–Trinajstić information content (AvgIpc) is 3.23. The van der Waals surface area contributed by atoms with Crippen molar-refractivity contribution in [2.45, 2.75) is 166 Å². The molecule has 4 aromatic rings. The lowest BCUT2D eigenvalue weighted by atomic mass is 9.76. The number of benzene rings is 4. The highest BCUT2D eigenvalue weighted by molar-refractivity contribution is 8.76. The fourth-order valence-corrected chi connectivity index (χ4v) is 8.91. The number of amides is 2. The smallest absolute Gasteiger partial charge is 0.224 e. The Kier molecular flexibility index (Phi) is 17.7. The summed E-state index contributed by atoms with van der Waals surface area (Å²) in [6.07, 6.45) is 6.03. The fraction of sp³-hybridized carbons (Fsp3) is 0.500. The molecule has 0 saturated carbocycles. The number of para-hydroxylation sites is 2. The van der Waals surface area contributed by atoms with Gasteiger partial charge in [-0.3, -0.25) is 9.59 Å². The van der Waals surface area contributed by atoms with Gasteiger partial charge in [-0.1, -0.05) is 153 Å². The van der Waals surface area contributed by atoms with Gasteiger partial charge in [-0.15, -0.1) is 0 Å². The summed E-state index contributed by atoms with van der Waals surface area (Å²) < 4.78 is 12.7. The van der Waals surface area contributed by atoms with Gasteiger partial charge in [0.1, 0.15) is 11.5 Å². The Labute approximate surface area is 370 Å². The summed E-state index contributed by atoms with van der Waals surface area (Å²) in [6.45, 7) is 28.0. The van der Waals surface area contributed by atoms with Crippen LogP contribution in [0.4, 0.5) is 11.4 Å². The molecular weight excluding hydrogens is 781 g/mol. The molecule has 0 atom stereocenters. The molecule has 2 N–H and O–H groups in total. The first-order valence-corrected chi connectivity index (χ1v) is 24.2. The molecule has 8 heteroatoms. The van der Waals surface area contributed by atoms with Crippen molar-refractivity contribution in [1.82, 2.24) is 0 Å². The minimum Gasteiger partial charge on any atom is -0.493 e. The van der Waals surface area contributed by atoms with E-state index in [-0.39, 0.29) is 33.5 Å². The quantitative estimate of drug-likeness (QED) is 0.0572.